The van der Waals surface area contributed by atoms with Crippen LogP contribution in [0.25, 0.3) is 6.08 Å². The van der Waals surface area contributed by atoms with E-state index in [0.717, 1.165) is 5.56 Å². The van der Waals surface area contributed by atoms with Crippen LogP contribution in [0.1, 0.15) is 12.5 Å². The second-order valence-electron chi connectivity index (χ2n) is 5.36. The smallest absolute Gasteiger partial charge is 0.344 e. The third kappa shape index (κ3) is 4.03. The van der Waals surface area contributed by atoms with Gasteiger partial charge < -0.3 is 9.84 Å². The van der Waals surface area contributed by atoms with Crippen molar-refractivity contribution in [1.29, 1.82) is 0 Å². The molecule has 0 radical (unpaired) electrons. The number of carbonyl (C=O) groups is 1. The summed E-state index contributed by atoms with van der Waals surface area (Å²) >= 11 is 1.17. The van der Waals surface area contributed by atoms with Gasteiger partial charge in [-0.1, -0.05) is 42.1 Å². The predicted molar refractivity (Wildman–Crippen MR) is 102 cm³/mol. The van der Waals surface area contributed by atoms with Gasteiger partial charge >= 0.3 is 5.97 Å². The molecule has 1 aliphatic rings. The number of thioether (sulfide) groups is 1. The van der Waals surface area contributed by atoms with Crippen LogP contribution in [-0.2, 0) is 9.53 Å². The monoisotopic (exact) mass is 369 g/mol. The van der Waals surface area contributed by atoms with Crippen LogP contribution < -0.4 is 0 Å². The van der Waals surface area contributed by atoms with Gasteiger partial charge in [0.05, 0.1) is 17.2 Å². The summed E-state index contributed by atoms with van der Waals surface area (Å²) in [7, 11) is 0. The van der Waals surface area contributed by atoms with Crippen LogP contribution in [0.2, 0.25) is 0 Å². The SMILES string of the molecule is CCOC(=O)C1=C(O)/C(=C/c2ccccc2)SC1=Nc1ccc(F)cc1. The van der Waals surface area contributed by atoms with Crippen molar-refractivity contribution in [2.75, 3.05) is 6.61 Å². The molecular formula is C20H16FNO3S. The number of aliphatic hydroxyl groups excluding tert-OH is 1. The molecule has 0 bridgehead atoms. The van der Waals surface area contributed by atoms with Gasteiger partial charge in [0, 0.05) is 0 Å². The van der Waals surface area contributed by atoms with Crippen LogP contribution in [0.15, 0.2) is 75.8 Å². The lowest BCUT2D eigenvalue weighted by Gasteiger charge is -2.03. The fourth-order valence-corrected chi connectivity index (χ4v) is 3.36. The van der Waals surface area contributed by atoms with Crippen molar-refractivity contribution in [2.45, 2.75) is 6.92 Å². The molecule has 0 spiro atoms. The number of hydrogen-bond acceptors (Lipinski definition) is 5. The van der Waals surface area contributed by atoms with E-state index in [-0.39, 0.29) is 23.8 Å². The molecule has 2 aromatic carbocycles. The van der Waals surface area contributed by atoms with Crippen molar-refractivity contribution >= 4 is 34.5 Å². The van der Waals surface area contributed by atoms with E-state index in [9.17, 15) is 14.3 Å². The summed E-state index contributed by atoms with van der Waals surface area (Å²) in [6.45, 7) is 1.87. The minimum atomic E-state index is -0.644. The van der Waals surface area contributed by atoms with Crippen molar-refractivity contribution in [3.63, 3.8) is 0 Å². The molecule has 0 amide bonds. The number of nitrogens with zero attached hydrogens (tertiary/aromatic N) is 1. The van der Waals surface area contributed by atoms with E-state index in [2.05, 4.69) is 4.99 Å². The molecule has 26 heavy (non-hydrogen) atoms. The van der Waals surface area contributed by atoms with E-state index < -0.39 is 5.97 Å². The van der Waals surface area contributed by atoms with E-state index in [0.29, 0.717) is 15.6 Å². The highest BCUT2D eigenvalue weighted by Crippen LogP contribution is 2.40. The Morgan fingerprint density at radius 2 is 1.88 bits per heavy atom. The molecule has 2 aromatic rings. The van der Waals surface area contributed by atoms with Gasteiger partial charge in [-0.2, -0.15) is 0 Å². The Morgan fingerprint density at radius 3 is 2.54 bits per heavy atom. The van der Waals surface area contributed by atoms with Crippen molar-refractivity contribution in [2.24, 2.45) is 4.99 Å². The number of benzene rings is 2. The fourth-order valence-electron chi connectivity index (χ4n) is 2.33. The molecule has 4 nitrogen and oxygen atoms in total. The molecule has 0 saturated heterocycles. The zero-order valence-electron chi connectivity index (χ0n) is 14.0. The largest absolute Gasteiger partial charge is 0.506 e. The summed E-state index contributed by atoms with van der Waals surface area (Å²) < 4.78 is 18.1. The molecule has 0 fully saturated rings. The molecule has 0 unspecified atom stereocenters. The Morgan fingerprint density at radius 1 is 1.19 bits per heavy atom. The topological polar surface area (TPSA) is 58.9 Å². The fraction of sp³-hybridized carbons (Fsp3) is 0.100. The first-order valence-electron chi connectivity index (χ1n) is 7.98. The van der Waals surface area contributed by atoms with Gasteiger partial charge in [0.1, 0.15) is 22.2 Å². The Balaban J connectivity index is 2.02. The van der Waals surface area contributed by atoms with Gasteiger partial charge in [0.2, 0.25) is 0 Å². The molecule has 6 heteroatoms. The zero-order chi connectivity index (χ0) is 18.5. The highest BCUT2D eigenvalue weighted by atomic mass is 32.2. The number of ether oxygens (including phenoxy) is 1. The standard InChI is InChI=1S/C20H16FNO3S/c1-2-25-20(24)17-18(23)16(12-13-6-4-3-5-7-13)26-19(17)22-15-10-8-14(21)9-11-15/h3-12,23H,2H2,1H3/b16-12-,22-19?. The average Bonchev–Trinajstić information content (AvgIpc) is 2.93. The second kappa shape index (κ2) is 8.01. The maximum Gasteiger partial charge on any atom is 0.344 e. The summed E-state index contributed by atoms with van der Waals surface area (Å²) in [4.78, 5) is 17.2. The maximum absolute atomic E-state index is 13.1. The molecule has 3 rings (SSSR count). The lowest BCUT2D eigenvalue weighted by atomic mass is 10.1. The molecule has 1 heterocycles. The van der Waals surface area contributed by atoms with Gasteiger partial charge in [-0.05, 0) is 42.8 Å². The van der Waals surface area contributed by atoms with Crippen molar-refractivity contribution in [3.05, 3.63) is 82.2 Å². The summed E-state index contributed by atoms with van der Waals surface area (Å²) in [6.07, 6.45) is 1.77. The quantitative estimate of drug-likeness (QED) is 0.769. The Hall–Kier alpha value is -2.86. The van der Waals surface area contributed by atoms with Crippen molar-refractivity contribution in [1.82, 2.24) is 0 Å². The predicted octanol–water partition coefficient (Wildman–Crippen LogP) is 5.02. The number of aliphatic imine (C=N–C) groups is 1. The lowest BCUT2D eigenvalue weighted by molar-refractivity contribution is -0.138. The van der Waals surface area contributed by atoms with Crippen LogP contribution in [0.3, 0.4) is 0 Å². The summed E-state index contributed by atoms with van der Waals surface area (Å²) in [5.41, 5.74) is 1.38. The Kier molecular flexibility index (Phi) is 5.53. The maximum atomic E-state index is 13.1. The summed E-state index contributed by atoms with van der Waals surface area (Å²) in [6, 6.07) is 15.0. The Labute approximate surface area is 154 Å². The van der Waals surface area contributed by atoms with Crippen molar-refractivity contribution < 1.29 is 19.0 Å². The number of halogens is 1. The first-order chi connectivity index (χ1) is 12.6. The molecule has 1 N–H and O–H groups in total. The highest BCUT2D eigenvalue weighted by molar-refractivity contribution is 8.18. The molecule has 0 aromatic heterocycles. The first-order valence-corrected chi connectivity index (χ1v) is 8.80. The van der Waals surface area contributed by atoms with Crippen LogP contribution >= 0.6 is 11.8 Å². The van der Waals surface area contributed by atoms with Gasteiger partial charge in [0.15, 0.2) is 0 Å². The normalized spacial score (nSPS) is 17.2. The van der Waals surface area contributed by atoms with Crippen LogP contribution in [0.4, 0.5) is 10.1 Å². The minimum absolute atomic E-state index is 0.0170. The number of hydrogen-bond donors (Lipinski definition) is 1. The van der Waals surface area contributed by atoms with Crippen molar-refractivity contribution in [3.8, 4) is 0 Å². The van der Waals surface area contributed by atoms with Gasteiger partial charge in [-0.3, -0.25) is 0 Å². The zero-order valence-corrected chi connectivity index (χ0v) is 14.8. The molecule has 0 atom stereocenters. The number of carbonyl (C=O) groups excluding carboxylic acids is 1. The second-order valence-corrected chi connectivity index (χ2v) is 6.39. The minimum Gasteiger partial charge on any atom is -0.506 e. The number of aliphatic hydroxyl groups is 1. The molecule has 0 saturated carbocycles. The molecular weight excluding hydrogens is 353 g/mol. The van der Waals surface area contributed by atoms with E-state index in [1.807, 2.05) is 30.3 Å². The van der Waals surface area contributed by atoms with Crippen LogP contribution in [0.5, 0.6) is 0 Å². The number of esters is 1. The highest BCUT2D eigenvalue weighted by Gasteiger charge is 2.33. The summed E-state index contributed by atoms with van der Waals surface area (Å²) in [5, 5.41) is 10.9. The van der Waals surface area contributed by atoms with Crippen LogP contribution in [-0.4, -0.2) is 22.7 Å². The first kappa shape index (κ1) is 17.9. The van der Waals surface area contributed by atoms with Gasteiger partial charge in [0.25, 0.3) is 0 Å². The van der Waals surface area contributed by atoms with Crippen LogP contribution in [0, 0.1) is 5.82 Å². The number of rotatable bonds is 4. The van der Waals surface area contributed by atoms with E-state index in [4.69, 9.17) is 4.74 Å². The van der Waals surface area contributed by atoms with E-state index >= 15 is 0 Å². The molecule has 0 aliphatic carbocycles. The third-order valence-electron chi connectivity index (χ3n) is 3.52. The summed E-state index contributed by atoms with van der Waals surface area (Å²) in [5.74, 6) is -1.19. The lowest BCUT2D eigenvalue weighted by Crippen LogP contribution is -2.12. The molecule has 132 valence electrons. The Bertz CT molecular complexity index is 902. The van der Waals surface area contributed by atoms with Gasteiger partial charge in [-0.15, -0.1) is 0 Å². The molecule has 1 aliphatic heterocycles. The van der Waals surface area contributed by atoms with Gasteiger partial charge in [-0.25, -0.2) is 14.2 Å². The van der Waals surface area contributed by atoms with E-state index in [1.165, 1.54) is 36.0 Å². The van der Waals surface area contributed by atoms with E-state index in [1.54, 1.807) is 13.0 Å². The average molecular weight is 369 g/mol. The third-order valence-corrected chi connectivity index (χ3v) is 4.54.